The molecule has 0 bridgehead atoms. The maximum absolute atomic E-state index is 13.0. The van der Waals surface area contributed by atoms with Crippen molar-refractivity contribution >= 4 is 22.0 Å². The molecule has 0 radical (unpaired) electrons. The van der Waals surface area contributed by atoms with E-state index >= 15 is 0 Å². The van der Waals surface area contributed by atoms with Crippen molar-refractivity contribution in [1.82, 2.24) is 14.5 Å². The highest BCUT2D eigenvalue weighted by molar-refractivity contribution is 7.89. The van der Waals surface area contributed by atoms with Gasteiger partial charge in [-0.1, -0.05) is 12.1 Å². The SMILES string of the molecule is O=C1CNC(=O)N1C1CN(S(=O)(=O)c2ccccc2C(F)(F)F)C1. The van der Waals surface area contributed by atoms with E-state index in [1.54, 1.807) is 0 Å². The molecule has 0 aliphatic carbocycles. The summed E-state index contributed by atoms with van der Waals surface area (Å²) in [7, 11) is -4.37. The number of carbonyl (C=O) groups is 2. The number of hydrogen-bond acceptors (Lipinski definition) is 4. The number of sulfonamides is 1. The summed E-state index contributed by atoms with van der Waals surface area (Å²) in [6.45, 7) is -0.625. The standard InChI is InChI=1S/C13H12F3N3O4S/c14-13(15,16)9-3-1-2-4-10(9)24(22,23)18-6-8(7-18)19-11(20)5-17-12(19)21/h1-4,8H,5-7H2,(H,17,21). The van der Waals surface area contributed by atoms with Crippen molar-refractivity contribution in [2.45, 2.75) is 17.1 Å². The van der Waals surface area contributed by atoms with Crippen LogP contribution in [-0.2, 0) is 21.0 Å². The highest BCUT2D eigenvalue weighted by atomic mass is 32.2. The van der Waals surface area contributed by atoms with Crippen molar-refractivity contribution in [3.8, 4) is 0 Å². The molecule has 11 heteroatoms. The van der Waals surface area contributed by atoms with Gasteiger partial charge in [0.1, 0.15) is 0 Å². The van der Waals surface area contributed by atoms with Crippen LogP contribution in [0.5, 0.6) is 0 Å². The predicted octanol–water partition coefficient (Wildman–Crippen LogP) is 0.630. The minimum Gasteiger partial charge on any atom is -0.329 e. The van der Waals surface area contributed by atoms with Crippen molar-refractivity contribution in [3.63, 3.8) is 0 Å². The summed E-state index contributed by atoms with van der Waals surface area (Å²) in [5.41, 5.74) is -1.25. The number of alkyl halides is 3. The molecule has 130 valence electrons. The van der Waals surface area contributed by atoms with E-state index in [0.29, 0.717) is 6.07 Å². The fourth-order valence-electron chi connectivity index (χ4n) is 2.65. The Labute approximate surface area is 135 Å². The summed E-state index contributed by atoms with van der Waals surface area (Å²) >= 11 is 0. The second kappa shape index (κ2) is 5.45. The van der Waals surface area contributed by atoms with Gasteiger partial charge in [-0.2, -0.15) is 17.5 Å². The van der Waals surface area contributed by atoms with Crippen LogP contribution in [0.15, 0.2) is 29.2 Å². The van der Waals surface area contributed by atoms with Crippen molar-refractivity contribution in [1.29, 1.82) is 0 Å². The van der Waals surface area contributed by atoms with Gasteiger partial charge in [-0.05, 0) is 12.1 Å². The smallest absolute Gasteiger partial charge is 0.329 e. The van der Waals surface area contributed by atoms with Crippen LogP contribution in [0.1, 0.15) is 5.56 Å². The summed E-state index contributed by atoms with van der Waals surface area (Å²) in [5.74, 6) is -0.488. The van der Waals surface area contributed by atoms with Crippen LogP contribution in [0.4, 0.5) is 18.0 Å². The van der Waals surface area contributed by atoms with Gasteiger partial charge in [-0.3, -0.25) is 9.69 Å². The highest BCUT2D eigenvalue weighted by Gasteiger charge is 2.47. The summed E-state index contributed by atoms with van der Waals surface area (Å²) in [6.07, 6.45) is -4.81. The third kappa shape index (κ3) is 2.63. The summed E-state index contributed by atoms with van der Waals surface area (Å²) in [6, 6.07) is 2.59. The molecule has 2 fully saturated rings. The highest BCUT2D eigenvalue weighted by Crippen LogP contribution is 2.36. The Balaban J connectivity index is 1.82. The molecular weight excluding hydrogens is 351 g/mol. The fourth-order valence-corrected chi connectivity index (χ4v) is 4.37. The van der Waals surface area contributed by atoms with Crippen LogP contribution < -0.4 is 5.32 Å². The number of benzene rings is 1. The van der Waals surface area contributed by atoms with Crippen molar-refractivity contribution in [2.24, 2.45) is 0 Å². The molecule has 0 unspecified atom stereocenters. The predicted molar refractivity (Wildman–Crippen MR) is 74.2 cm³/mol. The molecule has 2 aliphatic rings. The minimum absolute atomic E-state index is 0.168. The van der Waals surface area contributed by atoms with Gasteiger partial charge in [0.25, 0.3) is 0 Å². The Hall–Kier alpha value is -2.14. The molecule has 0 aromatic heterocycles. The number of carbonyl (C=O) groups excluding carboxylic acids is 2. The maximum Gasteiger partial charge on any atom is 0.417 e. The van der Waals surface area contributed by atoms with Gasteiger partial charge >= 0.3 is 12.2 Å². The Kier molecular flexibility index (Phi) is 3.79. The number of hydrogen-bond donors (Lipinski definition) is 1. The zero-order valence-corrected chi connectivity index (χ0v) is 12.9. The molecule has 0 spiro atoms. The number of amides is 3. The Bertz CT molecular complexity index is 787. The molecule has 2 heterocycles. The zero-order valence-electron chi connectivity index (χ0n) is 12.1. The largest absolute Gasteiger partial charge is 0.417 e. The van der Waals surface area contributed by atoms with Gasteiger partial charge in [0.05, 0.1) is 23.0 Å². The molecule has 2 saturated heterocycles. The second-order valence-corrected chi connectivity index (χ2v) is 7.30. The van der Waals surface area contributed by atoms with E-state index < -0.39 is 44.6 Å². The molecule has 7 nitrogen and oxygen atoms in total. The summed E-state index contributed by atoms with van der Waals surface area (Å²) in [4.78, 5) is 23.1. The van der Waals surface area contributed by atoms with Crippen LogP contribution in [0.3, 0.4) is 0 Å². The van der Waals surface area contributed by atoms with Crippen molar-refractivity contribution in [3.05, 3.63) is 29.8 Å². The first-order chi connectivity index (χ1) is 11.1. The van der Waals surface area contributed by atoms with Crippen molar-refractivity contribution in [2.75, 3.05) is 19.6 Å². The van der Waals surface area contributed by atoms with Crippen LogP contribution in [0.25, 0.3) is 0 Å². The lowest BCUT2D eigenvalue weighted by Crippen LogP contribution is -2.62. The number of imide groups is 1. The Morgan fingerprint density at radius 2 is 1.75 bits per heavy atom. The van der Waals surface area contributed by atoms with E-state index in [0.717, 1.165) is 21.3 Å². The molecule has 0 saturated carbocycles. The van der Waals surface area contributed by atoms with Crippen LogP contribution >= 0.6 is 0 Å². The molecule has 2 aliphatic heterocycles. The number of nitrogens with zero attached hydrogens (tertiary/aromatic N) is 2. The van der Waals surface area contributed by atoms with Crippen LogP contribution in [0, 0.1) is 0 Å². The van der Waals surface area contributed by atoms with Crippen molar-refractivity contribution < 1.29 is 31.2 Å². The molecular formula is C13H12F3N3O4S. The Morgan fingerprint density at radius 1 is 1.12 bits per heavy atom. The molecule has 1 aromatic carbocycles. The first-order valence-corrected chi connectivity index (χ1v) is 8.32. The zero-order chi connectivity index (χ0) is 17.7. The molecule has 1 aromatic rings. The van der Waals surface area contributed by atoms with E-state index in [4.69, 9.17) is 0 Å². The minimum atomic E-state index is -4.81. The molecule has 3 rings (SSSR count). The lowest BCUT2D eigenvalue weighted by atomic mass is 10.1. The van der Waals surface area contributed by atoms with Crippen LogP contribution in [0.2, 0.25) is 0 Å². The van der Waals surface area contributed by atoms with Gasteiger partial charge in [0, 0.05) is 13.1 Å². The molecule has 1 N–H and O–H groups in total. The number of rotatable bonds is 3. The third-order valence-electron chi connectivity index (χ3n) is 3.88. The first-order valence-electron chi connectivity index (χ1n) is 6.88. The van der Waals surface area contributed by atoms with E-state index in [-0.39, 0.29) is 19.6 Å². The van der Waals surface area contributed by atoms with Gasteiger partial charge in [-0.25, -0.2) is 13.2 Å². The lowest BCUT2D eigenvalue weighted by molar-refractivity contribution is -0.140. The first kappa shape index (κ1) is 16.7. The average Bonchev–Trinajstić information content (AvgIpc) is 2.77. The fraction of sp³-hybridized carbons (Fsp3) is 0.385. The molecule has 0 atom stereocenters. The summed E-state index contributed by atoms with van der Waals surface area (Å²) < 4.78 is 64.7. The van der Waals surface area contributed by atoms with E-state index in [2.05, 4.69) is 5.32 Å². The average molecular weight is 363 g/mol. The number of urea groups is 1. The van der Waals surface area contributed by atoms with Gasteiger partial charge in [0.15, 0.2) is 0 Å². The van der Waals surface area contributed by atoms with E-state index in [9.17, 15) is 31.2 Å². The summed E-state index contributed by atoms with van der Waals surface area (Å²) in [5, 5.41) is 2.30. The number of halogens is 3. The quantitative estimate of drug-likeness (QED) is 0.798. The van der Waals surface area contributed by atoms with Gasteiger partial charge in [0.2, 0.25) is 15.9 Å². The number of nitrogens with one attached hydrogen (secondary N) is 1. The third-order valence-corrected chi connectivity index (χ3v) is 5.77. The molecule has 24 heavy (non-hydrogen) atoms. The Morgan fingerprint density at radius 3 is 2.29 bits per heavy atom. The monoisotopic (exact) mass is 363 g/mol. The van der Waals surface area contributed by atoms with E-state index in [1.165, 1.54) is 6.07 Å². The van der Waals surface area contributed by atoms with Crippen LogP contribution in [-0.4, -0.2) is 55.2 Å². The lowest BCUT2D eigenvalue weighted by Gasteiger charge is -2.41. The second-order valence-electron chi connectivity index (χ2n) is 5.39. The van der Waals surface area contributed by atoms with Gasteiger partial charge < -0.3 is 5.32 Å². The topological polar surface area (TPSA) is 86.8 Å². The normalized spacial score (nSPS) is 20.2. The van der Waals surface area contributed by atoms with E-state index in [1.807, 2.05) is 0 Å². The van der Waals surface area contributed by atoms with Gasteiger partial charge in [-0.15, -0.1) is 0 Å². The molecule has 3 amide bonds. The maximum atomic E-state index is 13.0.